The number of rotatable bonds is 6. The lowest BCUT2D eigenvalue weighted by atomic mass is 9.90. The highest BCUT2D eigenvalue weighted by Gasteiger charge is 2.50. The number of nitriles is 1. The van der Waals surface area contributed by atoms with E-state index >= 15 is 8.78 Å². The van der Waals surface area contributed by atoms with E-state index in [2.05, 4.69) is 15.1 Å². The molecule has 4 aromatic rings. The van der Waals surface area contributed by atoms with Crippen LogP contribution in [0, 0.1) is 23.0 Å². The van der Waals surface area contributed by atoms with Crippen LogP contribution in [0.3, 0.4) is 0 Å². The third-order valence-electron chi connectivity index (χ3n) is 12.1. The average molecular weight is 832 g/mol. The molecular weight excluding hydrogens is 784 g/mol. The summed E-state index contributed by atoms with van der Waals surface area (Å²) < 4.78 is 78.5. The number of carbonyl (C=O) groups is 2. The zero-order valence-electron chi connectivity index (χ0n) is 34.5. The summed E-state index contributed by atoms with van der Waals surface area (Å²) in [6.45, 7) is 12.2. The van der Waals surface area contributed by atoms with Crippen molar-refractivity contribution in [2.24, 2.45) is 0 Å². The minimum Gasteiger partial charge on any atom is -0.461 e. The molecule has 0 aliphatic carbocycles. The molecule has 9 rings (SSSR count). The summed E-state index contributed by atoms with van der Waals surface area (Å²) in [5, 5.41) is 13.2. The van der Waals surface area contributed by atoms with E-state index in [1.165, 1.54) is 6.07 Å². The number of hydrogen-bond acceptors (Lipinski definition) is 12. The van der Waals surface area contributed by atoms with Crippen LogP contribution in [-0.4, -0.2) is 99.7 Å². The Morgan fingerprint density at radius 2 is 1.70 bits per heavy atom. The van der Waals surface area contributed by atoms with Crippen molar-refractivity contribution in [1.29, 1.82) is 5.26 Å². The number of nitrogens with one attached hydrogen (secondary N) is 1. The fraction of sp³-hybridized carbons (Fsp3) is 0.558. The lowest BCUT2D eigenvalue weighted by Gasteiger charge is -2.42. The van der Waals surface area contributed by atoms with Gasteiger partial charge in [-0.15, -0.1) is 0 Å². The number of carbonyl (C=O) groups excluding carboxylic acids is 2. The molecule has 5 aliphatic heterocycles. The molecule has 318 valence electrons. The number of likely N-dealkylation sites (tertiary alicyclic amines) is 1. The van der Waals surface area contributed by atoms with Gasteiger partial charge in [0.1, 0.15) is 58.3 Å². The van der Waals surface area contributed by atoms with Crippen molar-refractivity contribution in [3.8, 4) is 23.2 Å². The molecule has 4 saturated heterocycles. The highest BCUT2D eigenvalue weighted by Crippen LogP contribution is 2.49. The molecule has 2 bridgehead atoms. The van der Waals surface area contributed by atoms with Crippen molar-refractivity contribution >= 4 is 45.8 Å². The first kappa shape index (κ1) is 40.1. The number of aromatic nitrogens is 2. The van der Waals surface area contributed by atoms with Crippen molar-refractivity contribution in [3.63, 3.8) is 0 Å². The van der Waals surface area contributed by atoms with Gasteiger partial charge in [-0.05, 0) is 97.0 Å². The summed E-state index contributed by atoms with van der Waals surface area (Å²) in [4.78, 5) is 41.7. The van der Waals surface area contributed by atoms with Gasteiger partial charge in [0.2, 0.25) is 5.88 Å². The summed E-state index contributed by atoms with van der Waals surface area (Å²) >= 11 is 0. The van der Waals surface area contributed by atoms with Gasteiger partial charge in [-0.1, -0.05) is 0 Å². The Balaban J connectivity index is 1.20. The average Bonchev–Trinajstić information content (AvgIpc) is 3.97. The number of piperazine rings is 1. The Labute approximate surface area is 344 Å². The number of alkyl halides is 1. The third-order valence-corrected chi connectivity index (χ3v) is 12.1. The first-order chi connectivity index (χ1) is 28.4. The van der Waals surface area contributed by atoms with Gasteiger partial charge in [0.15, 0.2) is 5.82 Å². The SMILES string of the molecule is CC(C)(C)OC(=O)Nc1oc2ccc(F)c(-c3c4c(c5c(N6C7CCC6CN(C(=O)OC(C)(C)C)C7)nc(OC[C@@]67CCCN6C[C@H](F)C7)nc5c3F)COC4)c2c1C#N. The van der Waals surface area contributed by atoms with Gasteiger partial charge in [0.25, 0.3) is 0 Å². The van der Waals surface area contributed by atoms with E-state index in [0.29, 0.717) is 48.4 Å². The van der Waals surface area contributed by atoms with Crippen molar-refractivity contribution < 1.29 is 46.1 Å². The summed E-state index contributed by atoms with van der Waals surface area (Å²) in [7, 11) is 0. The summed E-state index contributed by atoms with van der Waals surface area (Å²) in [5.74, 6) is -1.63. The predicted molar refractivity (Wildman–Crippen MR) is 213 cm³/mol. The molecule has 5 aliphatic rings. The van der Waals surface area contributed by atoms with E-state index in [1.807, 2.05) is 26.8 Å². The number of ether oxygens (including phenoxy) is 4. The Kier molecular flexibility index (Phi) is 9.62. The second-order valence-corrected chi connectivity index (χ2v) is 18.6. The van der Waals surface area contributed by atoms with Gasteiger partial charge >= 0.3 is 18.2 Å². The highest BCUT2D eigenvalue weighted by atomic mass is 19.1. The van der Waals surface area contributed by atoms with Crippen LogP contribution in [0.1, 0.15) is 90.3 Å². The Bertz CT molecular complexity index is 2460. The standard InChI is InChI=1S/C43H48F3N7O7/c1-41(2,3)59-39(54)50-37-25(15-47)30-29(58-37)11-10-28(45)33(30)31-26-19-56-20-27(26)32-35(34(31)46)48-38(57-21-43-12-7-13-52(43)16-22(44)14-43)49-36(32)53-23-8-9-24(53)18-51(17-23)40(55)60-42(4,5)6/h10-11,22-24H,7-9,12-14,16-21H2,1-6H3,(H,50,54)/t22-,23?,24?,43+/m1/s1. The zero-order chi connectivity index (χ0) is 42.5. The molecular formula is C43H48F3N7O7. The normalized spacial score (nSPS) is 23.9. The predicted octanol–water partition coefficient (Wildman–Crippen LogP) is 8.11. The largest absolute Gasteiger partial charge is 0.461 e. The van der Waals surface area contributed by atoms with E-state index in [9.17, 15) is 19.2 Å². The van der Waals surface area contributed by atoms with Crippen LogP contribution in [0.15, 0.2) is 16.5 Å². The molecule has 4 fully saturated rings. The summed E-state index contributed by atoms with van der Waals surface area (Å²) in [6, 6.07) is 3.89. The maximum atomic E-state index is 17.9. The van der Waals surface area contributed by atoms with Crippen LogP contribution in [0.4, 0.5) is 34.5 Å². The number of amides is 2. The lowest BCUT2D eigenvalue weighted by Crippen LogP contribution is -2.56. The number of halogens is 3. The van der Waals surface area contributed by atoms with Crippen LogP contribution in [-0.2, 0) is 27.4 Å². The lowest BCUT2D eigenvalue weighted by molar-refractivity contribution is 0.0209. The fourth-order valence-electron chi connectivity index (χ4n) is 9.88. The maximum Gasteiger partial charge on any atom is 0.414 e. The number of hydrogen-bond donors (Lipinski definition) is 1. The topological polar surface area (TPSA) is 156 Å². The van der Waals surface area contributed by atoms with Crippen LogP contribution in [0.25, 0.3) is 33.0 Å². The second kappa shape index (κ2) is 14.4. The highest BCUT2D eigenvalue weighted by molar-refractivity contribution is 6.07. The van der Waals surface area contributed by atoms with E-state index in [4.69, 9.17) is 33.3 Å². The third kappa shape index (κ3) is 6.91. The van der Waals surface area contributed by atoms with E-state index in [-0.39, 0.29) is 77.0 Å². The van der Waals surface area contributed by atoms with Gasteiger partial charge in [0.05, 0.1) is 29.5 Å². The van der Waals surface area contributed by atoms with Crippen molar-refractivity contribution in [3.05, 3.63) is 40.5 Å². The molecule has 2 aromatic heterocycles. The summed E-state index contributed by atoms with van der Waals surface area (Å²) in [5.41, 5.74) is -2.01. The Morgan fingerprint density at radius 3 is 2.40 bits per heavy atom. The molecule has 0 spiro atoms. The molecule has 17 heteroatoms. The van der Waals surface area contributed by atoms with Gasteiger partial charge < -0.3 is 33.2 Å². The Hall–Kier alpha value is -5.34. The van der Waals surface area contributed by atoms with Gasteiger partial charge in [-0.3, -0.25) is 10.2 Å². The molecule has 2 amide bonds. The van der Waals surface area contributed by atoms with E-state index in [0.717, 1.165) is 38.3 Å². The van der Waals surface area contributed by atoms with E-state index < -0.39 is 46.7 Å². The van der Waals surface area contributed by atoms with Crippen LogP contribution in [0.5, 0.6) is 6.01 Å². The van der Waals surface area contributed by atoms with Gasteiger partial charge in [0, 0.05) is 49.3 Å². The minimum atomic E-state index is -1.000. The van der Waals surface area contributed by atoms with Crippen molar-refractivity contribution in [1.82, 2.24) is 19.8 Å². The quantitative estimate of drug-likeness (QED) is 0.200. The Morgan fingerprint density at radius 1 is 0.983 bits per heavy atom. The molecule has 0 radical (unpaired) electrons. The fourth-order valence-corrected chi connectivity index (χ4v) is 9.88. The number of anilines is 2. The molecule has 60 heavy (non-hydrogen) atoms. The molecule has 14 nitrogen and oxygen atoms in total. The maximum absolute atomic E-state index is 17.9. The molecule has 2 unspecified atom stereocenters. The minimum absolute atomic E-state index is 0.0242. The molecule has 1 N–H and O–H groups in total. The monoisotopic (exact) mass is 831 g/mol. The molecule has 4 atom stereocenters. The molecule has 7 heterocycles. The smallest absolute Gasteiger partial charge is 0.414 e. The van der Waals surface area contributed by atoms with Crippen LogP contribution in [0.2, 0.25) is 0 Å². The summed E-state index contributed by atoms with van der Waals surface area (Å²) in [6.07, 6.45) is 1.06. The van der Waals surface area contributed by atoms with Gasteiger partial charge in [-0.25, -0.2) is 22.8 Å². The number of nitrogens with zero attached hydrogens (tertiary/aromatic N) is 6. The number of fused-ring (bicyclic) bond motifs is 7. The number of benzene rings is 2. The van der Waals surface area contributed by atoms with Crippen LogP contribution >= 0.6 is 0 Å². The van der Waals surface area contributed by atoms with Crippen molar-refractivity contribution in [2.75, 3.05) is 43.0 Å². The first-order valence-corrected chi connectivity index (χ1v) is 20.5. The van der Waals surface area contributed by atoms with Crippen molar-refractivity contribution in [2.45, 2.75) is 122 Å². The second-order valence-electron chi connectivity index (χ2n) is 18.6. The first-order valence-electron chi connectivity index (χ1n) is 20.5. The molecule has 2 aromatic carbocycles. The number of furan rings is 1. The molecule has 0 saturated carbocycles. The van der Waals surface area contributed by atoms with Crippen LogP contribution < -0.4 is 15.0 Å². The van der Waals surface area contributed by atoms with Gasteiger partial charge in [-0.2, -0.15) is 15.2 Å². The van der Waals surface area contributed by atoms with E-state index in [1.54, 1.807) is 25.7 Å². The zero-order valence-corrected chi connectivity index (χ0v) is 34.5.